The van der Waals surface area contributed by atoms with E-state index in [0.717, 1.165) is 0 Å². The summed E-state index contributed by atoms with van der Waals surface area (Å²) in [5.41, 5.74) is 1.35. The molecule has 0 spiro atoms. The summed E-state index contributed by atoms with van der Waals surface area (Å²) in [7, 11) is 1.64. The highest BCUT2D eigenvalue weighted by Gasteiger charge is 2.03. The van der Waals surface area contributed by atoms with Crippen LogP contribution in [0.5, 0.6) is 0 Å². The number of hydrogen-bond acceptors (Lipinski definition) is 7. The Morgan fingerprint density at radius 2 is 1.38 bits per heavy atom. The number of benzene rings is 1. The van der Waals surface area contributed by atoms with Crippen LogP contribution in [0.25, 0.3) is 0 Å². The summed E-state index contributed by atoms with van der Waals surface area (Å²) in [5, 5.41) is 2.72. The van der Waals surface area contributed by atoms with Crippen molar-refractivity contribution in [3.63, 3.8) is 0 Å². The fraction of sp³-hybridized carbons (Fsp3) is 0.571. The van der Waals surface area contributed by atoms with E-state index >= 15 is 0 Å². The van der Waals surface area contributed by atoms with Crippen LogP contribution in [0.4, 0.5) is 5.69 Å². The smallest absolute Gasteiger partial charge is 0.250 e. The van der Waals surface area contributed by atoms with Crippen LogP contribution in [0.3, 0.4) is 0 Å². The molecule has 0 aliphatic carbocycles. The van der Waals surface area contributed by atoms with E-state index in [2.05, 4.69) is 11.2 Å². The molecule has 1 amide bonds. The van der Waals surface area contributed by atoms with E-state index in [0.29, 0.717) is 77.3 Å². The SMILES string of the molecule is C#Cc1cccc(NC(=O)COCCOCCOCCOCCOCCOC)c1. The molecule has 1 rings (SSSR count). The Balaban J connectivity index is 1.84. The van der Waals surface area contributed by atoms with E-state index in [1.54, 1.807) is 31.4 Å². The third-order valence-electron chi connectivity index (χ3n) is 3.47. The summed E-state index contributed by atoms with van der Waals surface area (Å²) < 4.78 is 31.5. The molecule has 0 bridgehead atoms. The minimum Gasteiger partial charge on any atom is -0.382 e. The van der Waals surface area contributed by atoms with Crippen LogP contribution >= 0.6 is 0 Å². The second kappa shape index (κ2) is 18.1. The van der Waals surface area contributed by atoms with Crippen molar-refractivity contribution < 1.29 is 33.2 Å². The number of amides is 1. The molecule has 0 atom stereocenters. The van der Waals surface area contributed by atoms with Gasteiger partial charge in [-0.3, -0.25) is 4.79 Å². The predicted octanol–water partition coefficient (Wildman–Crippen LogP) is 1.34. The Morgan fingerprint density at radius 3 is 1.90 bits per heavy atom. The van der Waals surface area contributed by atoms with Gasteiger partial charge in [-0.05, 0) is 18.2 Å². The third-order valence-corrected chi connectivity index (χ3v) is 3.47. The van der Waals surface area contributed by atoms with Gasteiger partial charge in [0.15, 0.2) is 0 Å². The van der Waals surface area contributed by atoms with E-state index < -0.39 is 0 Å². The Hall–Kier alpha value is -1.99. The average Bonchev–Trinajstić information content (AvgIpc) is 2.73. The van der Waals surface area contributed by atoms with Gasteiger partial charge in [0, 0.05) is 18.4 Å². The number of ether oxygens (including phenoxy) is 6. The molecule has 0 radical (unpaired) electrons. The molecule has 1 aromatic rings. The first-order chi connectivity index (χ1) is 14.3. The summed E-state index contributed by atoms with van der Waals surface area (Å²) in [6.45, 7) is 4.83. The summed E-state index contributed by atoms with van der Waals surface area (Å²) in [5.74, 6) is 2.27. The van der Waals surface area contributed by atoms with Gasteiger partial charge in [-0.1, -0.05) is 12.0 Å². The van der Waals surface area contributed by atoms with Crippen molar-refractivity contribution in [2.24, 2.45) is 0 Å². The van der Waals surface area contributed by atoms with Gasteiger partial charge in [-0.2, -0.15) is 0 Å². The maximum absolute atomic E-state index is 11.8. The number of carbonyl (C=O) groups is 1. The quantitative estimate of drug-likeness (QED) is 0.289. The van der Waals surface area contributed by atoms with Crippen molar-refractivity contribution in [1.29, 1.82) is 0 Å². The van der Waals surface area contributed by atoms with E-state index in [1.165, 1.54) is 0 Å². The highest BCUT2D eigenvalue weighted by molar-refractivity contribution is 5.91. The molecule has 29 heavy (non-hydrogen) atoms. The fourth-order valence-electron chi connectivity index (χ4n) is 2.07. The van der Waals surface area contributed by atoms with Crippen molar-refractivity contribution >= 4 is 11.6 Å². The monoisotopic (exact) mass is 409 g/mol. The average molecular weight is 409 g/mol. The topological polar surface area (TPSA) is 84.5 Å². The van der Waals surface area contributed by atoms with Crippen LogP contribution < -0.4 is 5.32 Å². The summed E-state index contributed by atoms with van der Waals surface area (Å²) >= 11 is 0. The van der Waals surface area contributed by atoms with Crippen molar-refractivity contribution in [1.82, 2.24) is 0 Å². The van der Waals surface area contributed by atoms with Crippen LogP contribution in [-0.2, 0) is 33.2 Å². The normalized spacial score (nSPS) is 10.6. The van der Waals surface area contributed by atoms with Crippen LogP contribution in [0.2, 0.25) is 0 Å². The van der Waals surface area contributed by atoms with Gasteiger partial charge in [0.25, 0.3) is 0 Å². The van der Waals surface area contributed by atoms with E-state index in [-0.39, 0.29) is 12.5 Å². The summed E-state index contributed by atoms with van der Waals surface area (Å²) in [6, 6.07) is 7.07. The van der Waals surface area contributed by atoms with Gasteiger partial charge in [0.05, 0.1) is 66.1 Å². The molecular weight excluding hydrogens is 378 g/mol. The first kappa shape index (κ1) is 25.0. The summed E-state index contributed by atoms with van der Waals surface area (Å²) in [6.07, 6.45) is 5.33. The van der Waals surface area contributed by atoms with Crippen LogP contribution in [0.1, 0.15) is 5.56 Å². The zero-order chi connectivity index (χ0) is 21.0. The molecule has 1 N–H and O–H groups in total. The first-order valence-corrected chi connectivity index (χ1v) is 9.50. The van der Waals surface area contributed by atoms with Crippen LogP contribution in [0.15, 0.2) is 24.3 Å². The van der Waals surface area contributed by atoms with Gasteiger partial charge in [0.2, 0.25) is 5.91 Å². The van der Waals surface area contributed by atoms with Gasteiger partial charge in [-0.25, -0.2) is 0 Å². The van der Waals surface area contributed by atoms with Crippen molar-refractivity contribution in [3.05, 3.63) is 29.8 Å². The van der Waals surface area contributed by atoms with Gasteiger partial charge in [0.1, 0.15) is 6.61 Å². The Morgan fingerprint density at radius 1 is 0.862 bits per heavy atom. The molecule has 0 aliphatic rings. The zero-order valence-corrected chi connectivity index (χ0v) is 17.0. The molecule has 8 nitrogen and oxygen atoms in total. The molecule has 8 heteroatoms. The number of carbonyl (C=O) groups excluding carboxylic acids is 1. The number of rotatable bonds is 18. The van der Waals surface area contributed by atoms with Gasteiger partial charge >= 0.3 is 0 Å². The number of terminal acetylenes is 1. The third kappa shape index (κ3) is 14.6. The second-order valence-corrected chi connectivity index (χ2v) is 5.77. The largest absolute Gasteiger partial charge is 0.382 e. The molecule has 0 heterocycles. The molecular formula is C21H31NO7. The van der Waals surface area contributed by atoms with Crippen molar-refractivity contribution in [2.75, 3.05) is 85.1 Å². The van der Waals surface area contributed by atoms with Crippen molar-refractivity contribution in [3.8, 4) is 12.3 Å². The number of anilines is 1. The van der Waals surface area contributed by atoms with E-state index in [4.69, 9.17) is 34.8 Å². The second-order valence-electron chi connectivity index (χ2n) is 5.77. The highest BCUT2D eigenvalue weighted by Crippen LogP contribution is 2.09. The lowest BCUT2D eigenvalue weighted by Gasteiger charge is -2.08. The molecule has 162 valence electrons. The van der Waals surface area contributed by atoms with Gasteiger partial charge < -0.3 is 33.7 Å². The van der Waals surface area contributed by atoms with E-state index in [9.17, 15) is 4.79 Å². The maximum Gasteiger partial charge on any atom is 0.250 e. The van der Waals surface area contributed by atoms with Crippen LogP contribution in [-0.4, -0.2) is 85.7 Å². The lowest BCUT2D eigenvalue weighted by atomic mass is 10.2. The number of hydrogen-bond donors (Lipinski definition) is 1. The molecule has 0 saturated heterocycles. The Kier molecular flexibility index (Phi) is 15.6. The molecule has 1 aromatic carbocycles. The molecule has 0 unspecified atom stereocenters. The lowest BCUT2D eigenvalue weighted by molar-refractivity contribution is -0.121. The van der Waals surface area contributed by atoms with Gasteiger partial charge in [-0.15, -0.1) is 6.42 Å². The van der Waals surface area contributed by atoms with Crippen LogP contribution in [0, 0.1) is 12.3 Å². The minimum atomic E-state index is -0.244. The van der Waals surface area contributed by atoms with Crippen molar-refractivity contribution in [2.45, 2.75) is 0 Å². The molecule has 0 aliphatic heterocycles. The number of nitrogens with one attached hydrogen (secondary N) is 1. The lowest BCUT2D eigenvalue weighted by Crippen LogP contribution is -2.20. The standard InChI is InChI=1S/C21H31NO7/c1-3-19-5-4-6-20(17-19)22-21(23)18-29-16-15-28-14-13-27-12-11-26-10-9-25-8-7-24-2/h1,4-6,17H,7-16,18H2,2H3,(H,22,23). The predicted molar refractivity (Wildman–Crippen MR) is 109 cm³/mol. The fourth-order valence-corrected chi connectivity index (χ4v) is 2.07. The summed E-state index contributed by atoms with van der Waals surface area (Å²) in [4.78, 5) is 11.8. The number of methoxy groups -OCH3 is 1. The molecule has 0 aromatic heterocycles. The maximum atomic E-state index is 11.8. The Labute approximate surface area is 172 Å². The zero-order valence-electron chi connectivity index (χ0n) is 17.0. The van der Waals surface area contributed by atoms with E-state index in [1.807, 2.05) is 0 Å². The molecule has 0 fully saturated rings. The first-order valence-electron chi connectivity index (χ1n) is 9.50. The molecule has 0 saturated carbocycles. The minimum absolute atomic E-state index is 0.0489. The highest BCUT2D eigenvalue weighted by atomic mass is 16.6. The Bertz CT molecular complexity index is 589.